The molecular formula is C37H37BrN2O6S. The minimum atomic E-state index is -0.778. The predicted octanol–water partition coefficient (Wildman–Crippen LogP) is 6.66. The third-order valence-electron chi connectivity index (χ3n) is 7.44. The van der Waals surface area contributed by atoms with Crippen molar-refractivity contribution in [3.05, 3.63) is 131 Å². The first kappa shape index (κ1) is 33.9. The van der Waals surface area contributed by atoms with Crippen LogP contribution in [0.15, 0.2) is 98.8 Å². The largest absolute Gasteiger partial charge is 0.493 e. The van der Waals surface area contributed by atoms with Gasteiger partial charge in [-0.15, -0.1) is 6.58 Å². The van der Waals surface area contributed by atoms with Crippen molar-refractivity contribution < 1.29 is 23.7 Å². The number of ether oxygens (including phenoxy) is 4. The lowest BCUT2D eigenvalue weighted by Gasteiger charge is -2.25. The molecule has 1 aromatic heterocycles. The highest BCUT2D eigenvalue weighted by Crippen LogP contribution is 2.36. The van der Waals surface area contributed by atoms with Crippen LogP contribution < -0.4 is 29.1 Å². The van der Waals surface area contributed by atoms with E-state index in [1.165, 1.54) is 11.3 Å². The molecule has 1 atom stereocenters. The van der Waals surface area contributed by atoms with E-state index < -0.39 is 12.0 Å². The number of thiazole rings is 1. The van der Waals surface area contributed by atoms with E-state index in [9.17, 15) is 9.59 Å². The molecule has 0 bridgehead atoms. The number of methoxy groups -OCH3 is 1. The van der Waals surface area contributed by atoms with Crippen molar-refractivity contribution in [3.8, 4) is 17.2 Å². The van der Waals surface area contributed by atoms with E-state index >= 15 is 0 Å². The Balaban J connectivity index is 1.58. The van der Waals surface area contributed by atoms with Crippen molar-refractivity contribution in [1.29, 1.82) is 0 Å². The zero-order chi connectivity index (χ0) is 33.7. The third-order valence-corrected chi connectivity index (χ3v) is 8.95. The quantitative estimate of drug-likeness (QED) is 0.120. The number of benzene rings is 3. The fourth-order valence-electron chi connectivity index (χ4n) is 5.35. The van der Waals surface area contributed by atoms with Gasteiger partial charge in [0.05, 0.1) is 41.7 Å². The van der Waals surface area contributed by atoms with Gasteiger partial charge in [0.25, 0.3) is 5.56 Å². The van der Waals surface area contributed by atoms with Crippen molar-refractivity contribution >= 4 is 39.3 Å². The Kier molecular flexibility index (Phi) is 10.8. The Morgan fingerprint density at radius 3 is 2.51 bits per heavy atom. The van der Waals surface area contributed by atoms with E-state index in [0.29, 0.717) is 50.7 Å². The van der Waals surface area contributed by atoms with Crippen LogP contribution in [-0.2, 0) is 22.6 Å². The Bertz CT molecular complexity index is 2010. The first-order chi connectivity index (χ1) is 22.6. The molecule has 0 saturated heterocycles. The predicted molar refractivity (Wildman–Crippen MR) is 188 cm³/mol. The number of allylic oxidation sites excluding steroid dienone is 2. The molecule has 0 amide bonds. The topological polar surface area (TPSA) is 88.4 Å². The van der Waals surface area contributed by atoms with Crippen molar-refractivity contribution in [3.63, 3.8) is 0 Å². The van der Waals surface area contributed by atoms with Gasteiger partial charge in [0, 0.05) is 4.47 Å². The normalized spacial score (nSPS) is 14.4. The number of aromatic nitrogens is 1. The van der Waals surface area contributed by atoms with Gasteiger partial charge >= 0.3 is 5.97 Å². The van der Waals surface area contributed by atoms with Crippen LogP contribution >= 0.6 is 27.3 Å². The van der Waals surface area contributed by atoms with Crippen molar-refractivity contribution in [2.24, 2.45) is 4.99 Å². The number of esters is 1. The molecule has 0 aliphatic carbocycles. The molecule has 0 fully saturated rings. The van der Waals surface area contributed by atoms with Gasteiger partial charge in [-0.05, 0) is 98.8 Å². The Hall–Kier alpha value is -4.41. The second-order valence-electron chi connectivity index (χ2n) is 11.2. The monoisotopic (exact) mass is 716 g/mol. The maximum Gasteiger partial charge on any atom is 0.338 e. The second-order valence-corrected chi connectivity index (χ2v) is 13.1. The minimum absolute atomic E-state index is 0.0659. The molecule has 0 spiro atoms. The van der Waals surface area contributed by atoms with Crippen molar-refractivity contribution in [2.45, 2.75) is 52.9 Å². The van der Waals surface area contributed by atoms with Crippen molar-refractivity contribution in [1.82, 2.24) is 4.57 Å². The number of hydrogen-bond donors (Lipinski definition) is 0. The molecular weight excluding hydrogens is 680 g/mol. The lowest BCUT2D eigenvalue weighted by Crippen LogP contribution is -2.40. The Morgan fingerprint density at radius 2 is 1.83 bits per heavy atom. The number of rotatable bonds is 12. The number of nitrogens with zero attached hydrogens (tertiary/aromatic N) is 2. The fourth-order valence-corrected chi connectivity index (χ4v) is 6.66. The number of carbonyl (C=O) groups is 1. The molecule has 47 heavy (non-hydrogen) atoms. The van der Waals surface area contributed by atoms with Gasteiger partial charge < -0.3 is 18.9 Å². The van der Waals surface area contributed by atoms with E-state index in [4.69, 9.17) is 23.9 Å². The van der Waals surface area contributed by atoms with Crippen LogP contribution in [0.3, 0.4) is 0 Å². The summed E-state index contributed by atoms with van der Waals surface area (Å²) in [6.07, 6.45) is 4.20. The van der Waals surface area contributed by atoms with Crippen LogP contribution in [0, 0.1) is 0 Å². The van der Waals surface area contributed by atoms with Crippen LogP contribution in [0.5, 0.6) is 17.2 Å². The summed E-state index contributed by atoms with van der Waals surface area (Å²) >= 11 is 4.73. The molecule has 244 valence electrons. The standard InChI is InChI=1S/C37H37BrN2O6S/c1-7-9-26-18-25(12-16-29(26)45-21-24-10-14-28(38)15-11-24)19-32-35(41)40-34(27-13-17-30(46-22(3)4)31(20-27)43-6)33(36(42)44-8-2)23(5)39-37(40)47-32/h7,10-20,22,34H,1,8-9,21H2,2-6H3/b32-19-/t34-/m1/s1. The Labute approximate surface area is 286 Å². The van der Waals surface area contributed by atoms with Gasteiger partial charge in [-0.25, -0.2) is 9.79 Å². The van der Waals surface area contributed by atoms with Gasteiger partial charge in [-0.2, -0.15) is 0 Å². The third kappa shape index (κ3) is 7.60. The second kappa shape index (κ2) is 15.0. The number of carbonyl (C=O) groups excluding carboxylic acids is 1. The molecule has 0 saturated carbocycles. The lowest BCUT2D eigenvalue weighted by atomic mass is 9.95. The average molecular weight is 718 g/mol. The maximum atomic E-state index is 14.2. The first-order valence-corrected chi connectivity index (χ1v) is 16.9. The zero-order valence-corrected chi connectivity index (χ0v) is 29.4. The molecule has 0 N–H and O–H groups in total. The smallest absolute Gasteiger partial charge is 0.338 e. The summed E-state index contributed by atoms with van der Waals surface area (Å²) in [7, 11) is 1.56. The number of fused-ring (bicyclic) bond motifs is 1. The summed E-state index contributed by atoms with van der Waals surface area (Å²) in [6.45, 7) is 11.9. The van der Waals surface area contributed by atoms with Gasteiger partial charge in [0.1, 0.15) is 12.4 Å². The summed E-state index contributed by atoms with van der Waals surface area (Å²) in [6, 6.07) is 18.5. The lowest BCUT2D eigenvalue weighted by molar-refractivity contribution is -0.139. The molecule has 1 aliphatic rings. The van der Waals surface area contributed by atoms with Crippen LogP contribution in [0.4, 0.5) is 0 Å². The Morgan fingerprint density at radius 1 is 1.09 bits per heavy atom. The highest BCUT2D eigenvalue weighted by molar-refractivity contribution is 9.10. The first-order valence-electron chi connectivity index (χ1n) is 15.3. The zero-order valence-electron chi connectivity index (χ0n) is 27.0. The number of hydrogen-bond acceptors (Lipinski definition) is 8. The van der Waals surface area contributed by atoms with Gasteiger partial charge in [-0.1, -0.05) is 57.6 Å². The molecule has 8 nitrogen and oxygen atoms in total. The molecule has 10 heteroatoms. The van der Waals surface area contributed by atoms with E-state index in [1.807, 2.05) is 74.5 Å². The maximum absolute atomic E-state index is 14.2. The molecule has 0 radical (unpaired) electrons. The molecule has 3 aromatic carbocycles. The summed E-state index contributed by atoms with van der Waals surface area (Å²) in [4.78, 5) is 32.7. The highest BCUT2D eigenvalue weighted by atomic mass is 79.9. The average Bonchev–Trinajstić information content (AvgIpc) is 3.34. The van der Waals surface area contributed by atoms with Crippen molar-refractivity contribution in [2.75, 3.05) is 13.7 Å². The van der Waals surface area contributed by atoms with Crippen LogP contribution in [-0.4, -0.2) is 30.4 Å². The molecule has 2 heterocycles. The summed E-state index contributed by atoms with van der Waals surface area (Å²) in [5.41, 5.74) is 4.02. The van der Waals surface area contributed by atoms with E-state index in [-0.39, 0.29) is 18.3 Å². The summed E-state index contributed by atoms with van der Waals surface area (Å²) in [5.74, 6) is 1.28. The molecule has 5 rings (SSSR count). The summed E-state index contributed by atoms with van der Waals surface area (Å²) < 4.78 is 26.2. The summed E-state index contributed by atoms with van der Waals surface area (Å²) in [5, 5.41) is 0. The molecule has 1 aliphatic heterocycles. The number of halogens is 1. The molecule has 0 unspecified atom stereocenters. The van der Waals surface area contributed by atoms with Crippen LogP contribution in [0.2, 0.25) is 0 Å². The van der Waals surface area contributed by atoms with E-state index in [2.05, 4.69) is 22.5 Å². The van der Waals surface area contributed by atoms with Gasteiger partial charge in [0.2, 0.25) is 0 Å². The van der Waals surface area contributed by atoms with Crippen LogP contribution in [0.1, 0.15) is 56.0 Å². The SMILES string of the molecule is C=CCc1cc(/C=c2\sc3n(c2=O)[C@H](c2ccc(OC(C)C)c(OC)c2)C(C(=O)OCC)=C(C)N=3)ccc1OCc1ccc(Br)cc1. The highest BCUT2D eigenvalue weighted by Gasteiger charge is 2.34. The molecule has 4 aromatic rings. The van der Waals surface area contributed by atoms with Gasteiger partial charge in [-0.3, -0.25) is 9.36 Å². The fraction of sp³-hybridized carbons (Fsp3) is 0.270. The minimum Gasteiger partial charge on any atom is -0.493 e. The van der Waals surface area contributed by atoms with Crippen LogP contribution in [0.25, 0.3) is 6.08 Å². The van der Waals surface area contributed by atoms with E-state index in [0.717, 1.165) is 26.9 Å². The van der Waals surface area contributed by atoms with Gasteiger partial charge in [0.15, 0.2) is 16.3 Å². The van der Waals surface area contributed by atoms with E-state index in [1.54, 1.807) is 37.7 Å².